The van der Waals surface area contributed by atoms with Crippen LogP contribution in [-0.4, -0.2) is 49.8 Å². The maximum absolute atomic E-state index is 13.6. The van der Waals surface area contributed by atoms with Gasteiger partial charge < -0.3 is 9.64 Å². The topological polar surface area (TPSA) is 66.9 Å². The maximum Gasteiger partial charge on any atom is 0.243 e. The summed E-state index contributed by atoms with van der Waals surface area (Å²) < 4.78 is 34.0. The molecule has 0 N–H and O–H groups in total. The Labute approximate surface area is 204 Å². The number of hydrogen-bond acceptors (Lipinski definition) is 4. The molecule has 1 aliphatic heterocycles. The number of methoxy groups -OCH3 is 1. The minimum absolute atomic E-state index is 0.133. The van der Waals surface area contributed by atoms with Crippen LogP contribution in [0.1, 0.15) is 53.5 Å². The van der Waals surface area contributed by atoms with Gasteiger partial charge in [-0.05, 0) is 93.3 Å². The predicted octanol–water partition coefficient (Wildman–Crippen LogP) is 4.52. The van der Waals surface area contributed by atoms with E-state index >= 15 is 0 Å². The van der Waals surface area contributed by atoms with Crippen LogP contribution < -0.4 is 4.74 Å². The molecule has 7 heteroatoms. The molecule has 2 fully saturated rings. The Hall–Kier alpha value is -2.38. The highest BCUT2D eigenvalue weighted by Gasteiger charge is 2.39. The van der Waals surface area contributed by atoms with Crippen molar-refractivity contribution in [3.05, 3.63) is 58.1 Å². The van der Waals surface area contributed by atoms with Gasteiger partial charge in [-0.25, -0.2) is 8.42 Å². The molecule has 0 spiro atoms. The van der Waals surface area contributed by atoms with Gasteiger partial charge in [0.05, 0.1) is 12.0 Å². The van der Waals surface area contributed by atoms with Gasteiger partial charge in [0.1, 0.15) is 5.75 Å². The summed E-state index contributed by atoms with van der Waals surface area (Å²) in [5, 5.41) is 0. The summed E-state index contributed by atoms with van der Waals surface area (Å²) in [6.45, 7) is 9.04. The first-order chi connectivity index (χ1) is 16.1. The van der Waals surface area contributed by atoms with Crippen LogP contribution in [0.3, 0.4) is 0 Å². The fourth-order valence-electron chi connectivity index (χ4n) is 4.98. The molecule has 1 saturated heterocycles. The summed E-state index contributed by atoms with van der Waals surface area (Å²) in [5.74, 6) is 0.830. The lowest BCUT2D eigenvalue weighted by molar-refractivity contribution is -0.138. The van der Waals surface area contributed by atoms with Crippen molar-refractivity contribution in [2.24, 2.45) is 5.92 Å². The van der Waals surface area contributed by atoms with Gasteiger partial charge >= 0.3 is 0 Å². The highest BCUT2D eigenvalue weighted by molar-refractivity contribution is 7.89. The van der Waals surface area contributed by atoms with Crippen LogP contribution in [0.2, 0.25) is 0 Å². The Bertz CT molecular complexity index is 1140. The molecule has 0 bridgehead atoms. The van der Waals surface area contributed by atoms with Crippen molar-refractivity contribution in [3.63, 3.8) is 0 Å². The molecule has 2 aliphatic rings. The van der Waals surface area contributed by atoms with E-state index in [4.69, 9.17) is 4.74 Å². The summed E-state index contributed by atoms with van der Waals surface area (Å²) in [4.78, 5) is 15.9. The zero-order valence-electron chi connectivity index (χ0n) is 20.9. The quantitative estimate of drug-likeness (QED) is 0.580. The van der Waals surface area contributed by atoms with Crippen LogP contribution >= 0.6 is 0 Å². The second-order valence-corrected chi connectivity index (χ2v) is 11.7. The molecule has 1 saturated carbocycles. The fourth-order valence-corrected chi connectivity index (χ4v) is 7.02. The van der Waals surface area contributed by atoms with E-state index in [9.17, 15) is 13.2 Å². The lowest BCUT2D eigenvalue weighted by atomic mass is 9.96. The second-order valence-electron chi connectivity index (χ2n) is 9.81. The number of amides is 1. The smallest absolute Gasteiger partial charge is 0.243 e. The number of hydrogen-bond donors (Lipinski definition) is 0. The van der Waals surface area contributed by atoms with Crippen LogP contribution in [-0.2, 0) is 21.4 Å². The molecule has 184 valence electrons. The number of sulfonamides is 1. The van der Waals surface area contributed by atoms with Gasteiger partial charge in [-0.2, -0.15) is 4.31 Å². The largest absolute Gasteiger partial charge is 0.497 e. The number of piperidine rings is 1. The van der Waals surface area contributed by atoms with E-state index in [0.717, 1.165) is 46.4 Å². The number of aryl methyl sites for hydroxylation is 2. The van der Waals surface area contributed by atoms with Gasteiger partial charge in [0.15, 0.2) is 0 Å². The lowest BCUT2D eigenvalue weighted by Crippen LogP contribution is -2.45. The average Bonchev–Trinajstić information content (AvgIpc) is 3.67. The van der Waals surface area contributed by atoms with Gasteiger partial charge in [0.25, 0.3) is 0 Å². The molecule has 2 aromatic carbocycles. The van der Waals surface area contributed by atoms with Gasteiger partial charge in [0, 0.05) is 31.6 Å². The van der Waals surface area contributed by atoms with E-state index in [0.29, 0.717) is 43.4 Å². The van der Waals surface area contributed by atoms with Gasteiger partial charge in [-0.1, -0.05) is 18.2 Å². The molecule has 6 nitrogen and oxygen atoms in total. The van der Waals surface area contributed by atoms with E-state index in [-0.39, 0.29) is 11.8 Å². The first-order valence-electron chi connectivity index (χ1n) is 12.1. The Morgan fingerprint density at radius 2 is 1.53 bits per heavy atom. The molecular formula is C27H36N2O4S. The Balaban J connectivity index is 1.46. The third-order valence-electron chi connectivity index (χ3n) is 7.48. The van der Waals surface area contributed by atoms with Crippen molar-refractivity contribution in [3.8, 4) is 5.75 Å². The average molecular weight is 485 g/mol. The van der Waals surface area contributed by atoms with Crippen molar-refractivity contribution >= 4 is 15.9 Å². The molecule has 1 heterocycles. The summed E-state index contributed by atoms with van der Waals surface area (Å²) in [5.41, 5.74) is 4.71. The third-order valence-corrected chi connectivity index (χ3v) is 9.65. The normalized spacial score (nSPS) is 17.6. The Morgan fingerprint density at radius 1 is 0.971 bits per heavy atom. The summed E-state index contributed by atoms with van der Waals surface area (Å²) >= 11 is 0. The molecule has 34 heavy (non-hydrogen) atoms. The highest BCUT2D eigenvalue weighted by Crippen LogP contribution is 2.34. The monoisotopic (exact) mass is 484 g/mol. The first-order valence-corrected chi connectivity index (χ1v) is 13.6. The Kier molecular flexibility index (Phi) is 7.06. The molecule has 1 amide bonds. The third kappa shape index (κ3) is 4.86. The molecule has 4 rings (SSSR count). The van der Waals surface area contributed by atoms with Gasteiger partial charge in [-0.3, -0.25) is 4.79 Å². The fraction of sp³-hybridized carbons (Fsp3) is 0.519. The summed E-state index contributed by atoms with van der Waals surface area (Å²) in [6, 6.07) is 10.2. The van der Waals surface area contributed by atoms with Crippen molar-refractivity contribution in [1.29, 1.82) is 0 Å². The van der Waals surface area contributed by atoms with Crippen molar-refractivity contribution < 1.29 is 17.9 Å². The van der Waals surface area contributed by atoms with Crippen molar-refractivity contribution in [2.45, 2.75) is 70.9 Å². The zero-order valence-corrected chi connectivity index (χ0v) is 21.7. The minimum atomic E-state index is -3.60. The zero-order chi connectivity index (χ0) is 24.6. The van der Waals surface area contributed by atoms with E-state index in [1.807, 2.05) is 62.9 Å². The SMILES string of the molecule is COc1ccc(CN(C(=O)C2CCN(S(=O)(=O)c3c(C)c(C)cc(C)c3C)CC2)C2CC2)cc1. The second kappa shape index (κ2) is 9.70. The van der Waals surface area contributed by atoms with Crippen LogP contribution in [0.15, 0.2) is 35.2 Å². The lowest BCUT2D eigenvalue weighted by Gasteiger charge is -2.34. The predicted molar refractivity (Wildman–Crippen MR) is 133 cm³/mol. The summed E-state index contributed by atoms with van der Waals surface area (Å²) in [7, 11) is -1.96. The minimum Gasteiger partial charge on any atom is -0.497 e. The maximum atomic E-state index is 13.6. The van der Waals surface area contributed by atoms with Gasteiger partial charge in [0.2, 0.25) is 15.9 Å². The van der Waals surface area contributed by atoms with Crippen LogP contribution in [0.5, 0.6) is 5.75 Å². The van der Waals surface area contributed by atoms with Crippen LogP contribution in [0.4, 0.5) is 0 Å². The number of carbonyl (C=O) groups excluding carboxylic acids is 1. The van der Waals surface area contributed by atoms with Crippen LogP contribution in [0.25, 0.3) is 0 Å². The first kappa shape index (κ1) is 24.7. The molecule has 0 unspecified atom stereocenters. The van der Waals surface area contributed by atoms with Crippen molar-refractivity contribution in [1.82, 2.24) is 9.21 Å². The number of carbonyl (C=O) groups is 1. The molecule has 1 aliphatic carbocycles. The number of ether oxygens (including phenoxy) is 1. The molecule has 0 radical (unpaired) electrons. The van der Waals surface area contributed by atoms with E-state index in [2.05, 4.69) is 0 Å². The van der Waals surface area contributed by atoms with E-state index in [1.165, 1.54) is 0 Å². The number of nitrogens with zero attached hydrogens (tertiary/aromatic N) is 2. The summed E-state index contributed by atoms with van der Waals surface area (Å²) in [6.07, 6.45) is 3.21. The molecule has 0 atom stereocenters. The Morgan fingerprint density at radius 3 is 2.03 bits per heavy atom. The molecular weight excluding hydrogens is 448 g/mol. The highest BCUT2D eigenvalue weighted by atomic mass is 32.2. The molecule has 0 aromatic heterocycles. The number of benzene rings is 2. The molecule has 2 aromatic rings. The standard InChI is InChI=1S/C27H36N2O4S/c1-18-16-19(2)21(4)26(20(18)3)34(31,32)28-14-12-23(13-15-28)27(30)29(24-8-9-24)17-22-6-10-25(33-5)11-7-22/h6-7,10-11,16,23-24H,8-9,12-15,17H2,1-5H3. The van der Waals surface area contributed by atoms with Crippen molar-refractivity contribution in [2.75, 3.05) is 20.2 Å². The van der Waals surface area contributed by atoms with E-state index in [1.54, 1.807) is 11.4 Å². The van der Waals surface area contributed by atoms with Gasteiger partial charge in [-0.15, -0.1) is 0 Å². The van der Waals surface area contributed by atoms with Crippen LogP contribution in [0, 0.1) is 33.6 Å². The number of rotatable bonds is 7. The van der Waals surface area contributed by atoms with E-state index < -0.39 is 10.0 Å².